The topological polar surface area (TPSA) is 53.9 Å². The molecule has 1 aliphatic rings. The Bertz CT molecular complexity index is 862. The van der Waals surface area contributed by atoms with E-state index >= 15 is 0 Å². The van der Waals surface area contributed by atoms with Crippen molar-refractivity contribution in [1.82, 2.24) is 19.9 Å². The molecule has 124 valence electrons. The molecule has 1 aliphatic heterocycles. The maximum absolute atomic E-state index is 4.75. The highest BCUT2D eigenvalue weighted by molar-refractivity contribution is 7.98. The third-order valence-electron chi connectivity index (χ3n) is 4.24. The number of rotatable bonds is 4. The summed E-state index contributed by atoms with van der Waals surface area (Å²) in [5.41, 5.74) is 2.58. The number of nitrogens with zero attached hydrogens (tertiary/aromatic N) is 4. The fraction of sp³-hybridized carbons (Fsp3) is 0.353. The number of hydrogen-bond acceptors (Lipinski definition) is 7. The summed E-state index contributed by atoms with van der Waals surface area (Å²) in [6.45, 7) is 2.82. The summed E-state index contributed by atoms with van der Waals surface area (Å²) in [5.74, 6) is 0.954. The van der Waals surface area contributed by atoms with Crippen LogP contribution in [0.5, 0.6) is 0 Å². The van der Waals surface area contributed by atoms with Gasteiger partial charge in [-0.25, -0.2) is 9.97 Å². The number of fused-ring (bicyclic) bond motifs is 3. The van der Waals surface area contributed by atoms with E-state index in [1.165, 1.54) is 15.8 Å². The molecule has 0 saturated heterocycles. The third-order valence-corrected chi connectivity index (χ3v) is 5.89. The highest BCUT2D eigenvalue weighted by atomic mass is 32.2. The first-order chi connectivity index (χ1) is 11.7. The van der Waals surface area contributed by atoms with Crippen molar-refractivity contribution >= 4 is 39.1 Å². The summed E-state index contributed by atoms with van der Waals surface area (Å²) in [6, 6.07) is 4.04. The van der Waals surface area contributed by atoms with Gasteiger partial charge in [0.2, 0.25) is 0 Å². The molecule has 0 spiro atoms. The molecule has 1 N–H and O–H groups in total. The summed E-state index contributed by atoms with van der Waals surface area (Å²) in [6.07, 6.45) is 6.77. The Labute approximate surface area is 149 Å². The van der Waals surface area contributed by atoms with Crippen molar-refractivity contribution < 1.29 is 0 Å². The van der Waals surface area contributed by atoms with Gasteiger partial charge in [-0.2, -0.15) is 0 Å². The minimum atomic E-state index is 0.721. The number of thioether (sulfide) groups is 1. The van der Waals surface area contributed by atoms with Crippen LogP contribution in [0.25, 0.3) is 10.2 Å². The van der Waals surface area contributed by atoms with Crippen molar-refractivity contribution in [2.45, 2.75) is 24.7 Å². The molecule has 0 unspecified atom stereocenters. The first kappa shape index (κ1) is 15.8. The molecule has 0 radical (unpaired) electrons. The molecule has 3 aromatic rings. The Hall–Kier alpha value is -1.70. The Morgan fingerprint density at radius 2 is 2.29 bits per heavy atom. The highest BCUT2D eigenvalue weighted by Gasteiger charge is 2.23. The van der Waals surface area contributed by atoms with Crippen molar-refractivity contribution in [2.24, 2.45) is 0 Å². The van der Waals surface area contributed by atoms with Crippen LogP contribution >= 0.6 is 23.1 Å². The van der Waals surface area contributed by atoms with E-state index in [1.807, 2.05) is 29.9 Å². The molecule has 24 heavy (non-hydrogen) atoms. The molecule has 0 atom stereocenters. The smallest absolute Gasteiger partial charge is 0.190 e. The molecular weight excluding hydrogens is 338 g/mol. The molecule has 0 bridgehead atoms. The lowest BCUT2D eigenvalue weighted by Crippen LogP contribution is -2.25. The van der Waals surface area contributed by atoms with Crippen LogP contribution in [0.4, 0.5) is 5.82 Å². The number of anilines is 1. The lowest BCUT2D eigenvalue weighted by atomic mass is 10.1. The molecule has 7 heteroatoms. The zero-order valence-corrected chi connectivity index (χ0v) is 15.4. The van der Waals surface area contributed by atoms with E-state index in [9.17, 15) is 0 Å². The highest BCUT2D eigenvalue weighted by Crippen LogP contribution is 2.38. The largest absolute Gasteiger partial charge is 0.365 e. The second kappa shape index (κ2) is 6.66. The Morgan fingerprint density at radius 1 is 1.38 bits per heavy atom. The van der Waals surface area contributed by atoms with Gasteiger partial charge in [0.1, 0.15) is 10.6 Å². The van der Waals surface area contributed by atoms with Crippen LogP contribution in [0.1, 0.15) is 16.0 Å². The molecule has 5 nitrogen and oxygen atoms in total. The van der Waals surface area contributed by atoms with Crippen molar-refractivity contribution in [1.29, 1.82) is 0 Å². The van der Waals surface area contributed by atoms with Gasteiger partial charge in [-0.1, -0.05) is 17.8 Å². The summed E-state index contributed by atoms with van der Waals surface area (Å²) >= 11 is 3.40. The number of hydrogen-bond donors (Lipinski definition) is 1. The van der Waals surface area contributed by atoms with Crippen molar-refractivity contribution in [3.05, 3.63) is 40.5 Å². The Morgan fingerprint density at radius 3 is 3.08 bits per heavy atom. The van der Waals surface area contributed by atoms with Crippen LogP contribution in [0.3, 0.4) is 0 Å². The van der Waals surface area contributed by atoms with Crippen LogP contribution in [0, 0.1) is 0 Å². The quantitative estimate of drug-likeness (QED) is 0.570. The number of aromatic nitrogens is 3. The van der Waals surface area contributed by atoms with Gasteiger partial charge in [0.25, 0.3) is 0 Å². The van der Waals surface area contributed by atoms with Crippen LogP contribution in [0.15, 0.2) is 29.7 Å². The second-order valence-electron chi connectivity index (χ2n) is 5.95. The van der Waals surface area contributed by atoms with E-state index in [0.717, 1.165) is 47.4 Å². The van der Waals surface area contributed by atoms with E-state index in [-0.39, 0.29) is 0 Å². The maximum atomic E-state index is 4.75. The molecule has 3 aromatic heterocycles. The number of likely N-dealkylation sites (N-methyl/N-ethyl adjacent to an activating group) is 1. The molecule has 0 saturated carbocycles. The van der Waals surface area contributed by atoms with Crippen molar-refractivity contribution in [2.75, 3.05) is 25.2 Å². The van der Waals surface area contributed by atoms with E-state index in [2.05, 4.69) is 28.3 Å². The van der Waals surface area contributed by atoms with Gasteiger partial charge in [-0.3, -0.25) is 4.98 Å². The van der Waals surface area contributed by atoms with Crippen LogP contribution in [-0.4, -0.2) is 39.7 Å². The normalized spacial score (nSPS) is 14.8. The summed E-state index contributed by atoms with van der Waals surface area (Å²) in [4.78, 5) is 18.6. The Balaban J connectivity index is 1.75. The van der Waals surface area contributed by atoms with Crippen LogP contribution in [-0.2, 0) is 19.5 Å². The van der Waals surface area contributed by atoms with Gasteiger partial charge in [0, 0.05) is 36.9 Å². The molecule has 0 amide bonds. The fourth-order valence-corrected chi connectivity index (χ4v) is 4.73. The molecule has 0 fully saturated rings. The lowest BCUT2D eigenvalue weighted by Gasteiger charge is -2.22. The fourth-order valence-electron chi connectivity index (χ4n) is 3.01. The van der Waals surface area contributed by atoms with E-state index in [0.29, 0.717) is 0 Å². The van der Waals surface area contributed by atoms with Crippen molar-refractivity contribution in [3.63, 3.8) is 0 Å². The van der Waals surface area contributed by atoms with Crippen LogP contribution in [0.2, 0.25) is 0 Å². The van der Waals surface area contributed by atoms with Gasteiger partial charge < -0.3 is 10.2 Å². The molecule has 0 aliphatic carbocycles. The Kier molecular flexibility index (Phi) is 4.39. The van der Waals surface area contributed by atoms with Crippen LogP contribution < -0.4 is 5.32 Å². The van der Waals surface area contributed by atoms with Gasteiger partial charge in [0.15, 0.2) is 5.16 Å². The van der Waals surface area contributed by atoms with Gasteiger partial charge in [-0.15, -0.1) is 11.3 Å². The molecule has 0 aromatic carbocycles. The predicted molar refractivity (Wildman–Crippen MR) is 101 cm³/mol. The van der Waals surface area contributed by atoms with Gasteiger partial charge >= 0.3 is 0 Å². The minimum Gasteiger partial charge on any atom is -0.365 e. The predicted octanol–water partition coefficient (Wildman–Crippen LogP) is 3.41. The van der Waals surface area contributed by atoms with E-state index in [4.69, 9.17) is 9.97 Å². The zero-order valence-electron chi connectivity index (χ0n) is 13.7. The average Bonchev–Trinajstić information content (AvgIpc) is 2.97. The number of pyridine rings is 1. The first-order valence-electron chi connectivity index (χ1n) is 7.92. The summed E-state index contributed by atoms with van der Waals surface area (Å²) < 4.78 is 0. The molecular formula is C17H19N5S2. The second-order valence-corrected chi connectivity index (χ2v) is 7.80. The first-order valence-corrected chi connectivity index (χ1v) is 9.96. The summed E-state index contributed by atoms with van der Waals surface area (Å²) in [7, 11) is 2.17. The number of nitrogens with one attached hydrogen (secondary N) is 1. The summed E-state index contributed by atoms with van der Waals surface area (Å²) in [5, 5.41) is 5.55. The molecule has 4 heterocycles. The standard InChI is InChI=1S/C17H19N5S2/c1-22-7-5-12-13(10-22)24-16-14(12)15(20-17(21-16)23-2)19-9-11-4-3-6-18-8-11/h3-4,6,8H,5,7,9-10H2,1-2H3,(H,19,20,21). The minimum absolute atomic E-state index is 0.721. The average molecular weight is 358 g/mol. The van der Waals surface area contributed by atoms with Gasteiger partial charge in [-0.05, 0) is 36.9 Å². The third kappa shape index (κ3) is 2.99. The van der Waals surface area contributed by atoms with E-state index < -0.39 is 0 Å². The van der Waals surface area contributed by atoms with E-state index in [1.54, 1.807) is 18.0 Å². The zero-order chi connectivity index (χ0) is 16.5. The van der Waals surface area contributed by atoms with Gasteiger partial charge in [0.05, 0.1) is 5.39 Å². The monoisotopic (exact) mass is 357 g/mol. The SMILES string of the molecule is CSc1nc(NCc2cccnc2)c2c3c(sc2n1)CN(C)CC3. The lowest BCUT2D eigenvalue weighted by molar-refractivity contribution is 0.318. The maximum Gasteiger partial charge on any atom is 0.190 e. The molecule has 4 rings (SSSR count). The van der Waals surface area contributed by atoms with Crippen molar-refractivity contribution in [3.8, 4) is 0 Å². The number of thiophene rings is 1.